The summed E-state index contributed by atoms with van der Waals surface area (Å²) in [5, 5.41) is 7.88. The zero-order valence-electron chi connectivity index (χ0n) is 16.7. The first-order valence-corrected chi connectivity index (χ1v) is 10.5. The van der Waals surface area contributed by atoms with E-state index in [-0.39, 0.29) is 11.4 Å². The molecule has 158 valence electrons. The molecule has 1 fully saturated rings. The van der Waals surface area contributed by atoms with Gasteiger partial charge in [0.2, 0.25) is 6.41 Å². The van der Waals surface area contributed by atoms with Gasteiger partial charge in [0.05, 0.1) is 24.3 Å². The molecule has 0 bridgehead atoms. The molecule has 1 aliphatic rings. The molecule has 0 aliphatic heterocycles. The number of hydrogen-bond acceptors (Lipinski definition) is 3. The molecule has 0 atom stereocenters. The van der Waals surface area contributed by atoms with Crippen molar-refractivity contribution in [1.29, 1.82) is 0 Å². The zero-order chi connectivity index (χ0) is 21.0. The van der Waals surface area contributed by atoms with Crippen LogP contribution in [-0.2, 0) is 22.6 Å². The summed E-state index contributed by atoms with van der Waals surface area (Å²) >= 11 is 5.96. The van der Waals surface area contributed by atoms with Crippen LogP contribution in [0.4, 0.5) is 4.39 Å². The molecule has 0 unspecified atom stereocenters. The van der Waals surface area contributed by atoms with E-state index in [1.54, 1.807) is 12.1 Å². The molecule has 0 radical (unpaired) electrons. The van der Waals surface area contributed by atoms with E-state index in [9.17, 15) is 9.18 Å². The highest BCUT2D eigenvalue weighted by Crippen LogP contribution is 2.34. The normalized spacial score (nSPS) is 14.7. The van der Waals surface area contributed by atoms with Crippen LogP contribution in [0.15, 0.2) is 48.7 Å². The first-order valence-electron chi connectivity index (χ1n) is 10.1. The molecule has 1 aliphatic carbocycles. The van der Waals surface area contributed by atoms with Crippen molar-refractivity contribution in [2.45, 2.75) is 31.5 Å². The minimum absolute atomic E-state index is 0.149. The van der Waals surface area contributed by atoms with Gasteiger partial charge in [-0.2, -0.15) is 0 Å². The Morgan fingerprint density at radius 1 is 1.20 bits per heavy atom. The van der Waals surface area contributed by atoms with Gasteiger partial charge in [-0.05, 0) is 54.3 Å². The molecule has 2 N–H and O–H groups in total. The molecule has 1 heterocycles. The van der Waals surface area contributed by atoms with Crippen molar-refractivity contribution in [3.8, 4) is 0 Å². The van der Waals surface area contributed by atoms with Crippen molar-refractivity contribution in [3.05, 3.63) is 70.6 Å². The van der Waals surface area contributed by atoms with Gasteiger partial charge in [0, 0.05) is 36.2 Å². The van der Waals surface area contributed by atoms with Gasteiger partial charge in [0.1, 0.15) is 5.82 Å². The van der Waals surface area contributed by atoms with Crippen LogP contribution >= 0.6 is 11.6 Å². The summed E-state index contributed by atoms with van der Waals surface area (Å²) in [6.45, 7) is 2.94. The molecule has 1 aromatic heterocycles. The van der Waals surface area contributed by atoms with E-state index in [1.165, 1.54) is 0 Å². The molecule has 30 heavy (non-hydrogen) atoms. The van der Waals surface area contributed by atoms with Gasteiger partial charge in [-0.15, -0.1) is 0 Å². The topological polar surface area (TPSA) is 55.3 Å². The molecular formula is C23H25ClFN3O2. The molecule has 1 saturated carbocycles. The molecule has 5 nitrogen and oxygen atoms in total. The Morgan fingerprint density at radius 3 is 2.73 bits per heavy atom. The first kappa shape index (κ1) is 20.8. The van der Waals surface area contributed by atoms with Crippen molar-refractivity contribution in [1.82, 2.24) is 15.2 Å². The second kappa shape index (κ2) is 9.16. The number of benzene rings is 2. The van der Waals surface area contributed by atoms with Crippen LogP contribution in [0.1, 0.15) is 24.0 Å². The van der Waals surface area contributed by atoms with Crippen molar-refractivity contribution < 1.29 is 13.9 Å². The minimum Gasteiger partial charge on any atom is -0.378 e. The molecule has 3 aromatic rings. The second-order valence-electron chi connectivity index (χ2n) is 7.84. The van der Waals surface area contributed by atoms with E-state index in [2.05, 4.69) is 10.6 Å². The van der Waals surface area contributed by atoms with Crippen LogP contribution in [0.3, 0.4) is 0 Å². The Hall–Kier alpha value is -2.41. The average molecular weight is 430 g/mol. The summed E-state index contributed by atoms with van der Waals surface area (Å²) < 4.78 is 22.0. The maximum atomic E-state index is 14.3. The lowest BCUT2D eigenvalue weighted by molar-refractivity contribution is -0.110. The largest absolute Gasteiger partial charge is 0.378 e. The van der Waals surface area contributed by atoms with E-state index in [4.69, 9.17) is 16.3 Å². The Balaban J connectivity index is 1.34. The smallest absolute Gasteiger partial charge is 0.207 e. The van der Waals surface area contributed by atoms with Crippen LogP contribution in [0, 0.1) is 5.82 Å². The number of aromatic nitrogens is 1. The minimum atomic E-state index is -0.248. The predicted molar refractivity (Wildman–Crippen MR) is 116 cm³/mol. The Bertz CT molecular complexity index is 1020. The summed E-state index contributed by atoms with van der Waals surface area (Å²) in [6, 6.07) is 12.9. The van der Waals surface area contributed by atoms with Gasteiger partial charge in [0.25, 0.3) is 0 Å². The number of ether oxygens (including phenoxy) is 1. The highest BCUT2D eigenvalue weighted by molar-refractivity contribution is 6.30. The summed E-state index contributed by atoms with van der Waals surface area (Å²) in [5.74, 6) is -0.248. The Kier molecular flexibility index (Phi) is 6.37. The van der Waals surface area contributed by atoms with Gasteiger partial charge < -0.3 is 19.9 Å². The number of nitrogens with zero attached hydrogens (tertiary/aromatic N) is 1. The van der Waals surface area contributed by atoms with E-state index < -0.39 is 0 Å². The number of carbonyl (C=O) groups is 1. The summed E-state index contributed by atoms with van der Waals surface area (Å²) in [6.07, 6.45) is 4.66. The van der Waals surface area contributed by atoms with Gasteiger partial charge in [-0.1, -0.05) is 23.7 Å². The second-order valence-corrected chi connectivity index (χ2v) is 8.28. The first-order chi connectivity index (χ1) is 14.6. The number of nitrogens with one attached hydrogen (secondary N) is 2. The van der Waals surface area contributed by atoms with E-state index in [0.29, 0.717) is 37.9 Å². The molecular weight excluding hydrogens is 405 g/mol. The quantitative estimate of drug-likeness (QED) is 0.359. The summed E-state index contributed by atoms with van der Waals surface area (Å²) in [4.78, 5) is 10.6. The lowest BCUT2D eigenvalue weighted by Gasteiger charge is -2.14. The fraction of sp³-hybridized carbons (Fsp3) is 0.348. The summed E-state index contributed by atoms with van der Waals surface area (Å²) in [5.41, 5.74) is 2.74. The lowest BCUT2D eigenvalue weighted by Crippen LogP contribution is -2.35. The monoisotopic (exact) mass is 429 g/mol. The lowest BCUT2D eigenvalue weighted by atomic mass is 10.1. The molecule has 7 heteroatoms. The molecule has 2 aromatic carbocycles. The van der Waals surface area contributed by atoms with Crippen LogP contribution in [0.5, 0.6) is 0 Å². The van der Waals surface area contributed by atoms with Crippen LogP contribution < -0.4 is 10.6 Å². The summed E-state index contributed by atoms with van der Waals surface area (Å²) in [7, 11) is 0. The zero-order valence-corrected chi connectivity index (χ0v) is 17.4. The molecule has 0 saturated heterocycles. The fourth-order valence-corrected chi connectivity index (χ4v) is 3.77. The van der Waals surface area contributed by atoms with Gasteiger partial charge in [-0.25, -0.2) is 4.39 Å². The molecule has 0 spiro atoms. The standard InChI is InChI=1S/C23H25ClFN3O2/c24-19-3-1-17(2-4-19)14-28-9-5-21-18(11-20(25)12-22(21)28)13-26-8-10-30-15-23(6-7-23)27-16-29/h1-5,9,11-12,16,26H,6-8,10,13-15H2,(H,27,29). The third-order valence-electron chi connectivity index (χ3n) is 5.54. The van der Waals surface area contributed by atoms with E-state index in [1.807, 2.05) is 41.1 Å². The molecule has 1 amide bonds. The number of hydrogen-bond donors (Lipinski definition) is 2. The average Bonchev–Trinajstić information content (AvgIpc) is 3.38. The van der Waals surface area contributed by atoms with Crippen molar-refractivity contribution >= 4 is 28.9 Å². The highest BCUT2D eigenvalue weighted by Gasteiger charge is 2.42. The third kappa shape index (κ3) is 5.01. The highest BCUT2D eigenvalue weighted by atomic mass is 35.5. The SMILES string of the molecule is O=CNC1(COCCNCc2cc(F)cc3c2ccn3Cc2ccc(Cl)cc2)CC1. The van der Waals surface area contributed by atoms with Crippen LogP contribution in [-0.4, -0.2) is 36.3 Å². The van der Waals surface area contributed by atoms with Crippen molar-refractivity contribution in [2.75, 3.05) is 19.8 Å². The van der Waals surface area contributed by atoms with Crippen molar-refractivity contribution in [3.63, 3.8) is 0 Å². The van der Waals surface area contributed by atoms with Gasteiger partial charge >= 0.3 is 0 Å². The predicted octanol–water partition coefficient (Wildman–Crippen LogP) is 3.87. The maximum Gasteiger partial charge on any atom is 0.207 e. The Morgan fingerprint density at radius 2 is 2.00 bits per heavy atom. The number of rotatable bonds is 11. The van der Waals surface area contributed by atoms with E-state index >= 15 is 0 Å². The van der Waals surface area contributed by atoms with Crippen LogP contribution in [0.25, 0.3) is 10.9 Å². The number of amides is 1. The van der Waals surface area contributed by atoms with Crippen molar-refractivity contribution in [2.24, 2.45) is 0 Å². The number of halogens is 2. The van der Waals surface area contributed by atoms with Gasteiger partial charge in [0.15, 0.2) is 0 Å². The number of fused-ring (bicyclic) bond motifs is 1. The van der Waals surface area contributed by atoms with Gasteiger partial charge in [-0.3, -0.25) is 4.79 Å². The third-order valence-corrected chi connectivity index (χ3v) is 5.79. The van der Waals surface area contributed by atoms with Crippen LogP contribution in [0.2, 0.25) is 5.02 Å². The fourth-order valence-electron chi connectivity index (χ4n) is 3.65. The maximum absolute atomic E-state index is 14.3. The Labute approximate surface area is 180 Å². The number of carbonyl (C=O) groups excluding carboxylic acids is 1. The molecule has 4 rings (SSSR count). The van der Waals surface area contributed by atoms with E-state index in [0.717, 1.165) is 41.3 Å².